The number of amides is 1. The predicted molar refractivity (Wildman–Crippen MR) is 161 cm³/mol. The molecule has 0 fully saturated rings. The monoisotopic (exact) mass is 637 g/mol. The Kier molecular flexibility index (Phi) is 10.1. The smallest absolute Gasteiger partial charge is 0.346 e. The van der Waals surface area contributed by atoms with Crippen LogP contribution in [0.1, 0.15) is 47.1 Å². The molecule has 10 nitrogen and oxygen atoms in total. The minimum atomic E-state index is -0.836. The molecule has 0 aliphatic rings. The van der Waals surface area contributed by atoms with Crippen LogP contribution in [-0.2, 0) is 16.1 Å². The van der Waals surface area contributed by atoms with Gasteiger partial charge in [0.05, 0.1) is 24.4 Å². The minimum absolute atomic E-state index is 0.0939. The number of halogens is 1. The van der Waals surface area contributed by atoms with Crippen molar-refractivity contribution in [2.24, 2.45) is 5.10 Å². The van der Waals surface area contributed by atoms with Crippen molar-refractivity contribution in [3.63, 3.8) is 0 Å². The summed E-state index contributed by atoms with van der Waals surface area (Å²) in [6, 6.07) is 18.6. The molecule has 220 valence electrons. The predicted octanol–water partition coefficient (Wildman–Crippen LogP) is 6.13. The number of benzene rings is 2. The van der Waals surface area contributed by atoms with Crippen molar-refractivity contribution in [3.05, 3.63) is 93.6 Å². The van der Waals surface area contributed by atoms with Crippen molar-refractivity contribution < 1.29 is 33.0 Å². The molecule has 1 amide bonds. The number of nitrogens with zero attached hydrogens (tertiary/aromatic N) is 2. The summed E-state index contributed by atoms with van der Waals surface area (Å²) in [5.74, 6) is 0.984. The number of rotatable bonds is 12. The second-order valence-corrected chi connectivity index (χ2v) is 10.1. The van der Waals surface area contributed by atoms with Gasteiger partial charge in [0.15, 0.2) is 23.4 Å². The number of esters is 1. The van der Waals surface area contributed by atoms with Gasteiger partial charge in [0.2, 0.25) is 0 Å². The van der Waals surface area contributed by atoms with Crippen molar-refractivity contribution in [2.45, 2.75) is 40.4 Å². The van der Waals surface area contributed by atoms with E-state index in [1.54, 1.807) is 31.2 Å². The maximum absolute atomic E-state index is 12.6. The number of aromatic nitrogens is 1. The summed E-state index contributed by atoms with van der Waals surface area (Å²) in [4.78, 5) is 24.3. The molecule has 4 aromatic rings. The number of aryl methyl sites for hydroxylation is 2. The van der Waals surface area contributed by atoms with Crippen LogP contribution in [-0.4, -0.2) is 42.5 Å². The zero-order valence-corrected chi connectivity index (χ0v) is 25.6. The molecule has 2 heterocycles. The molecule has 11 heteroatoms. The normalized spacial score (nSPS) is 11.8. The number of hydrazone groups is 1. The lowest BCUT2D eigenvalue weighted by Gasteiger charge is -2.17. The molecule has 1 N–H and O–H groups in total. The van der Waals surface area contributed by atoms with Gasteiger partial charge in [-0.05, 0) is 110 Å². The molecule has 0 saturated heterocycles. The number of ether oxygens (including phenoxy) is 4. The lowest BCUT2D eigenvalue weighted by molar-refractivity contribution is -0.148. The van der Waals surface area contributed by atoms with Crippen molar-refractivity contribution in [3.8, 4) is 22.9 Å². The Balaban J connectivity index is 1.34. The van der Waals surface area contributed by atoms with Gasteiger partial charge in [-0.25, -0.2) is 10.2 Å². The van der Waals surface area contributed by atoms with Gasteiger partial charge in [0, 0.05) is 17.1 Å². The largest absolute Gasteiger partial charge is 0.490 e. The molecular weight excluding hydrogens is 606 g/mol. The van der Waals surface area contributed by atoms with Crippen LogP contribution < -0.4 is 19.6 Å². The van der Waals surface area contributed by atoms with E-state index in [1.807, 2.05) is 31.2 Å². The third-order valence-corrected chi connectivity index (χ3v) is 6.76. The van der Waals surface area contributed by atoms with E-state index in [0.717, 1.165) is 17.1 Å². The van der Waals surface area contributed by atoms with Crippen molar-refractivity contribution in [1.82, 2.24) is 9.99 Å². The van der Waals surface area contributed by atoms with Crippen LogP contribution in [0, 0.1) is 13.8 Å². The molecule has 2 aromatic carbocycles. The number of hydrogen-bond acceptors (Lipinski definition) is 8. The first kappa shape index (κ1) is 30.4. The van der Waals surface area contributed by atoms with Crippen molar-refractivity contribution >= 4 is 34.0 Å². The van der Waals surface area contributed by atoms with Crippen LogP contribution in [0.3, 0.4) is 0 Å². The molecule has 2 aromatic heterocycles. The molecule has 4 rings (SSSR count). The lowest BCUT2D eigenvalue weighted by Crippen LogP contribution is -2.25. The number of methoxy groups -OCH3 is 1. The number of furan rings is 1. The summed E-state index contributed by atoms with van der Waals surface area (Å²) in [7, 11) is 1.29. The summed E-state index contributed by atoms with van der Waals surface area (Å²) < 4.78 is 30.3. The third-order valence-electron chi connectivity index (χ3n) is 6.17. The quantitative estimate of drug-likeness (QED) is 0.113. The number of nitrogens with one attached hydrogen (secondary N) is 1. The molecule has 0 radical (unpaired) electrons. The lowest BCUT2D eigenvalue weighted by atomic mass is 10.2. The van der Waals surface area contributed by atoms with Gasteiger partial charge in [-0.3, -0.25) is 4.79 Å². The zero-order chi connectivity index (χ0) is 30.2. The Morgan fingerprint density at radius 1 is 1.05 bits per heavy atom. The summed E-state index contributed by atoms with van der Waals surface area (Å²) in [5.41, 5.74) is 6.43. The van der Waals surface area contributed by atoms with Gasteiger partial charge < -0.3 is 27.9 Å². The Morgan fingerprint density at radius 3 is 2.43 bits per heavy atom. The van der Waals surface area contributed by atoms with Gasteiger partial charge in [0.25, 0.3) is 0 Å². The fraction of sp³-hybridized carbons (Fsp3) is 0.258. The Hall–Kier alpha value is -4.51. The first-order valence-electron chi connectivity index (χ1n) is 13.2. The molecule has 0 bridgehead atoms. The summed E-state index contributed by atoms with van der Waals surface area (Å²) in [6.07, 6.45) is 0.615. The fourth-order valence-electron chi connectivity index (χ4n) is 4.15. The Morgan fingerprint density at radius 2 is 1.76 bits per heavy atom. The summed E-state index contributed by atoms with van der Waals surface area (Å²) >= 11 is 3.44. The third kappa shape index (κ3) is 7.41. The van der Waals surface area contributed by atoms with Crippen LogP contribution in [0.2, 0.25) is 0 Å². The van der Waals surface area contributed by atoms with Crippen LogP contribution in [0.25, 0.3) is 5.69 Å². The van der Waals surface area contributed by atoms with E-state index in [0.29, 0.717) is 39.7 Å². The first-order chi connectivity index (χ1) is 20.2. The zero-order valence-electron chi connectivity index (χ0n) is 24.0. The van der Waals surface area contributed by atoms with Crippen molar-refractivity contribution in [1.29, 1.82) is 0 Å². The highest BCUT2D eigenvalue weighted by Crippen LogP contribution is 2.37. The van der Waals surface area contributed by atoms with Gasteiger partial charge in [-0.15, -0.1) is 0 Å². The van der Waals surface area contributed by atoms with E-state index in [9.17, 15) is 9.59 Å². The second kappa shape index (κ2) is 13.9. The van der Waals surface area contributed by atoms with Gasteiger partial charge in [-0.2, -0.15) is 5.10 Å². The minimum Gasteiger partial charge on any atom is -0.490 e. The van der Waals surface area contributed by atoms with E-state index in [4.69, 9.17) is 23.4 Å². The van der Waals surface area contributed by atoms with Crippen LogP contribution >= 0.6 is 15.9 Å². The maximum Gasteiger partial charge on any atom is 0.346 e. The number of carbonyl (C=O) groups excluding carboxylic acids is 2. The second-order valence-electron chi connectivity index (χ2n) is 9.25. The maximum atomic E-state index is 12.6. The molecule has 0 aliphatic heterocycles. The number of hydrogen-bond donors (Lipinski definition) is 1. The highest BCUT2D eigenvalue weighted by Gasteiger charge is 2.20. The van der Waals surface area contributed by atoms with E-state index in [1.165, 1.54) is 13.3 Å². The molecule has 0 spiro atoms. The Bertz CT molecular complexity index is 1550. The van der Waals surface area contributed by atoms with Gasteiger partial charge in [0.1, 0.15) is 18.1 Å². The summed E-state index contributed by atoms with van der Waals surface area (Å²) in [5, 5.41) is 4.03. The standard InChI is InChI=1S/C31H32BrN3O7/c1-6-39-28-16-22(15-26(32)29(28)41-21(4)31(37)38-5)17-33-34-30(36)27-14-13-25(42-27)18-40-24-11-9-23(10-12-24)35-19(2)7-8-20(35)3/h7-17,21H,6,18H2,1-5H3,(H,34,36)/b33-17+/t21-/m0/s1. The van der Waals surface area contributed by atoms with E-state index in [-0.39, 0.29) is 12.4 Å². The number of carbonyl (C=O) groups is 2. The topological polar surface area (TPSA) is 114 Å². The van der Waals surface area contributed by atoms with E-state index in [2.05, 4.69) is 57.0 Å². The van der Waals surface area contributed by atoms with Crippen LogP contribution in [0.5, 0.6) is 17.2 Å². The molecular formula is C31H32BrN3O7. The average Bonchev–Trinajstić information content (AvgIpc) is 3.59. The van der Waals surface area contributed by atoms with Gasteiger partial charge in [-0.1, -0.05) is 0 Å². The highest BCUT2D eigenvalue weighted by molar-refractivity contribution is 9.10. The molecule has 0 saturated carbocycles. The molecule has 0 aliphatic carbocycles. The van der Waals surface area contributed by atoms with Crippen molar-refractivity contribution in [2.75, 3.05) is 13.7 Å². The molecule has 0 unspecified atom stereocenters. The van der Waals surface area contributed by atoms with Crippen LogP contribution in [0.15, 0.2) is 74.7 Å². The first-order valence-corrected chi connectivity index (χ1v) is 14.0. The Labute approximate surface area is 252 Å². The van der Waals surface area contributed by atoms with E-state index < -0.39 is 18.0 Å². The molecule has 42 heavy (non-hydrogen) atoms. The van der Waals surface area contributed by atoms with Crippen LogP contribution in [0.4, 0.5) is 0 Å². The average molecular weight is 639 g/mol. The SMILES string of the molecule is CCOc1cc(/C=N/NC(=O)c2ccc(COc3ccc(-n4c(C)ccc4C)cc3)o2)cc(Br)c1O[C@@H](C)C(=O)OC. The highest BCUT2D eigenvalue weighted by atomic mass is 79.9. The molecule has 1 atom stereocenters. The van der Waals surface area contributed by atoms with E-state index >= 15 is 0 Å². The summed E-state index contributed by atoms with van der Waals surface area (Å²) in [6.45, 7) is 8.07. The fourth-order valence-corrected chi connectivity index (χ4v) is 4.70. The van der Waals surface area contributed by atoms with Gasteiger partial charge >= 0.3 is 11.9 Å².